The Morgan fingerprint density at radius 3 is 1.89 bits per heavy atom. The predicted molar refractivity (Wildman–Crippen MR) is 165 cm³/mol. The molecule has 0 aliphatic rings. The van der Waals surface area contributed by atoms with Crippen molar-refractivity contribution in [1.82, 2.24) is 5.43 Å². The SMILES string of the molecule is COc1cc(C(=O)Oc2ccccc2/C=C/C(=O)Oc2ccccc2/C=N/NC(=O)c2ccc(C)cc2)cc(OC)c1OC. The van der Waals surface area contributed by atoms with E-state index in [0.717, 1.165) is 5.56 Å². The molecule has 0 saturated heterocycles. The van der Waals surface area contributed by atoms with Gasteiger partial charge in [0.05, 0.1) is 33.1 Å². The van der Waals surface area contributed by atoms with Gasteiger partial charge in [0.25, 0.3) is 5.91 Å². The quantitative estimate of drug-likeness (QED) is 0.0781. The van der Waals surface area contributed by atoms with E-state index in [9.17, 15) is 14.4 Å². The first-order chi connectivity index (χ1) is 21.3. The number of carbonyl (C=O) groups excluding carboxylic acids is 3. The molecular weight excluding hydrogens is 564 g/mol. The fourth-order valence-corrected chi connectivity index (χ4v) is 3.98. The zero-order valence-electron chi connectivity index (χ0n) is 24.5. The Morgan fingerprint density at radius 2 is 1.27 bits per heavy atom. The normalized spacial score (nSPS) is 10.8. The Bertz CT molecular complexity index is 1690. The highest BCUT2D eigenvalue weighted by atomic mass is 16.5. The van der Waals surface area contributed by atoms with Gasteiger partial charge >= 0.3 is 11.9 Å². The van der Waals surface area contributed by atoms with E-state index >= 15 is 0 Å². The number of esters is 2. The summed E-state index contributed by atoms with van der Waals surface area (Å²) in [6.45, 7) is 1.93. The molecule has 4 aromatic carbocycles. The van der Waals surface area contributed by atoms with Gasteiger partial charge in [-0.15, -0.1) is 0 Å². The maximum absolute atomic E-state index is 13.0. The van der Waals surface area contributed by atoms with Crippen LogP contribution in [-0.2, 0) is 4.79 Å². The van der Waals surface area contributed by atoms with Crippen molar-refractivity contribution < 1.29 is 38.1 Å². The molecule has 10 nitrogen and oxygen atoms in total. The second-order valence-corrected chi connectivity index (χ2v) is 9.20. The lowest BCUT2D eigenvalue weighted by atomic mass is 10.1. The molecule has 0 aliphatic heterocycles. The molecule has 0 bridgehead atoms. The van der Waals surface area contributed by atoms with Crippen LogP contribution in [0.15, 0.2) is 96.1 Å². The first-order valence-electron chi connectivity index (χ1n) is 13.3. The van der Waals surface area contributed by atoms with Crippen molar-refractivity contribution in [3.63, 3.8) is 0 Å². The molecule has 0 aromatic heterocycles. The lowest BCUT2D eigenvalue weighted by Crippen LogP contribution is -2.17. The number of hydrogen-bond acceptors (Lipinski definition) is 9. The first kappa shape index (κ1) is 31.0. The largest absolute Gasteiger partial charge is 0.493 e. The molecule has 0 atom stereocenters. The van der Waals surface area contributed by atoms with Crippen molar-refractivity contribution in [1.29, 1.82) is 0 Å². The fraction of sp³-hybridized carbons (Fsp3) is 0.118. The van der Waals surface area contributed by atoms with Crippen LogP contribution in [0.25, 0.3) is 6.08 Å². The molecule has 4 rings (SSSR count). The van der Waals surface area contributed by atoms with Gasteiger partial charge in [-0.05, 0) is 55.5 Å². The van der Waals surface area contributed by atoms with Crippen LogP contribution in [-0.4, -0.2) is 45.4 Å². The number of nitrogens with one attached hydrogen (secondary N) is 1. The average Bonchev–Trinajstić information content (AvgIpc) is 3.04. The van der Waals surface area contributed by atoms with Crippen molar-refractivity contribution in [3.05, 3.63) is 119 Å². The molecule has 0 fully saturated rings. The van der Waals surface area contributed by atoms with Crippen LogP contribution in [0.3, 0.4) is 0 Å². The molecule has 0 aliphatic carbocycles. The Morgan fingerprint density at radius 1 is 0.682 bits per heavy atom. The van der Waals surface area contributed by atoms with Gasteiger partial charge in [-0.2, -0.15) is 5.10 Å². The summed E-state index contributed by atoms with van der Waals surface area (Å²) in [4.78, 5) is 38.1. The van der Waals surface area contributed by atoms with E-state index in [4.69, 9.17) is 23.7 Å². The molecule has 10 heteroatoms. The summed E-state index contributed by atoms with van der Waals surface area (Å²) in [5, 5.41) is 3.99. The molecular formula is C34H30N2O8. The zero-order valence-corrected chi connectivity index (χ0v) is 24.5. The van der Waals surface area contributed by atoms with E-state index in [1.54, 1.807) is 60.7 Å². The second-order valence-electron chi connectivity index (χ2n) is 9.20. The van der Waals surface area contributed by atoms with Gasteiger partial charge < -0.3 is 23.7 Å². The summed E-state index contributed by atoms with van der Waals surface area (Å²) in [5.74, 6) is -0.334. The number of aryl methyl sites for hydroxylation is 1. The molecule has 0 heterocycles. The highest BCUT2D eigenvalue weighted by Crippen LogP contribution is 2.38. The van der Waals surface area contributed by atoms with Gasteiger partial charge in [-0.25, -0.2) is 15.0 Å². The van der Waals surface area contributed by atoms with Crippen LogP contribution >= 0.6 is 0 Å². The molecule has 224 valence electrons. The molecule has 44 heavy (non-hydrogen) atoms. The van der Waals surface area contributed by atoms with Gasteiger partial charge in [-0.1, -0.05) is 48.0 Å². The summed E-state index contributed by atoms with van der Waals surface area (Å²) in [5.41, 5.74) is 5.06. The molecule has 0 radical (unpaired) electrons. The summed E-state index contributed by atoms with van der Waals surface area (Å²) in [6, 6.07) is 23.5. The van der Waals surface area contributed by atoms with Crippen LogP contribution in [0.2, 0.25) is 0 Å². The van der Waals surface area contributed by atoms with Crippen LogP contribution in [0.1, 0.15) is 37.4 Å². The lowest BCUT2D eigenvalue weighted by Gasteiger charge is -2.14. The zero-order chi connectivity index (χ0) is 31.5. The van der Waals surface area contributed by atoms with E-state index in [-0.39, 0.29) is 23.0 Å². The number of benzene rings is 4. The van der Waals surface area contributed by atoms with Gasteiger partial charge in [-0.3, -0.25) is 4.79 Å². The Balaban J connectivity index is 1.44. The smallest absolute Gasteiger partial charge is 0.343 e. The van der Waals surface area contributed by atoms with Crippen LogP contribution < -0.4 is 29.1 Å². The number of rotatable bonds is 11. The lowest BCUT2D eigenvalue weighted by molar-refractivity contribution is -0.128. The van der Waals surface area contributed by atoms with E-state index < -0.39 is 11.9 Å². The van der Waals surface area contributed by atoms with Crippen LogP contribution in [0, 0.1) is 6.92 Å². The first-order valence-corrected chi connectivity index (χ1v) is 13.3. The number of carbonyl (C=O) groups is 3. The number of nitrogens with zero attached hydrogens (tertiary/aromatic N) is 1. The fourth-order valence-electron chi connectivity index (χ4n) is 3.98. The molecule has 4 aromatic rings. The highest BCUT2D eigenvalue weighted by molar-refractivity contribution is 5.96. The van der Waals surface area contributed by atoms with Crippen molar-refractivity contribution in [3.8, 4) is 28.7 Å². The third-order valence-electron chi connectivity index (χ3n) is 6.23. The van der Waals surface area contributed by atoms with Crippen LogP contribution in [0.5, 0.6) is 28.7 Å². The third kappa shape index (κ3) is 7.89. The van der Waals surface area contributed by atoms with E-state index in [0.29, 0.717) is 33.9 Å². The average molecular weight is 595 g/mol. The number of para-hydroxylation sites is 2. The Kier molecular flexibility index (Phi) is 10.5. The van der Waals surface area contributed by atoms with E-state index in [2.05, 4.69) is 10.5 Å². The molecule has 1 amide bonds. The Labute approximate surface area is 254 Å². The van der Waals surface area contributed by atoms with E-state index in [1.807, 2.05) is 19.1 Å². The third-order valence-corrected chi connectivity index (χ3v) is 6.23. The van der Waals surface area contributed by atoms with Crippen molar-refractivity contribution >= 4 is 30.1 Å². The minimum Gasteiger partial charge on any atom is -0.493 e. The van der Waals surface area contributed by atoms with Crippen molar-refractivity contribution in [2.45, 2.75) is 6.92 Å². The number of ether oxygens (including phenoxy) is 5. The maximum Gasteiger partial charge on any atom is 0.343 e. The van der Waals surface area contributed by atoms with Gasteiger partial charge in [0.15, 0.2) is 11.5 Å². The summed E-state index contributed by atoms with van der Waals surface area (Å²) < 4.78 is 27.1. The second kappa shape index (κ2) is 14.8. The standard InChI is InChI=1S/C34H30N2O8/c1-22-13-15-24(16-14-22)33(38)36-35-21-25-10-6-8-12-28(25)43-31(37)18-17-23-9-5-7-11-27(23)44-34(39)26-19-29(40-2)32(42-4)30(20-26)41-3/h5-21H,1-4H3,(H,36,38)/b18-17+,35-21+. The van der Waals surface area contributed by atoms with Gasteiger partial charge in [0, 0.05) is 22.8 Å². The minimum atomic E-state index is -0.680. The minimum absolute atomic E-state index is 0.172. The topological polar surface area (TPSA) is 122 Å². The maximum atomic E-state index is 13.0. The summed E-state index contributed by atoms with van der Waals surface area (Å²) in [6.07, 6.45) is 4.06. The summed E-state index contributed by atoms with van der Waals surface area (Å²) in [7, 11) is 4.36. The van der Waals surface area contributed by atoms with Crippen molar-refractivity contribution in [2.75, 3.05) is 21.3 Å². The monoisotopic (exact) mass is 594 g/mol. The molecule has 0 spiro atoms. The Hall–Kier alpha value is -5.90. The van der Waals surface area contributed by atoms with E-state index in [1.165, 1.54) is 51.8 Å². The highest BCUT2D eigenvalue weighted by Gasteiger charge is 2.19. The van der Waals surface area contributed by atoms with Gasteiger partial charge in [0.1, 0.15) is 11.5 Å². The number of methoxy groups -OCH3 is 3. The van der Waals surface area contributed by atoms with Crippen LogP contribution in [0.4, 0.5) is 0 Å². The molecule has 0 saturated carbocycles. The number of amides is 1. The predicted octanol–water partition coefficient (Wildman–Crippen LogP) is 5.62. The molecule has 0 unspecified atom stereocenters. The number of hydrazone groups is 1. The molecule has 1 N–H and O–H groups in total. The number of hydrogen-bond donors (Lipinski definition) is 1. The van der Waals surface area contributed by atoms with Gasteiger partial charge in [0.2, 0.25) is 5.75 Å². The summed E-state index contributed by atoms with van der Waals surface area (Å²) >= 11 is 0. The van der Waals surface area contributed by atoms with Crippen molar-refractivity contribution in [2.24, 2.45) is 5.10 Å².